The third kappa shape index (κ3) is 5.88. The predicted molar refractivity (Wildman–Crippen MR) is 75.5 cm³/mol. The van der Waals surface area contributed by atoms with Crippen LogP contribution in [0.25, 0.3) is 0 Å². The Morgan fingerprint density at radius 1 is 1.40 bits per heavy atom. The molecule has 0 aromatic heterocycles. The van der Waals surface area contributed by atoms with Gasteiger partial charge in [0, 0.05) is 19.6 Å². The minimum atomic E-state index is -0.817. The minimum Gasteiger partial charge on any atom is -0.481 e. The highest BCUT2D eigenvalue weighted by Crippen LogP contribution is 2.15. The minimum absolute atomic E-state index is 0.126. The summed E-state index contributed by atoms with van der Waals surface area (Å²) in [6.45, 7) is 5.55. The van der Waals surface area contributed by atoms with Crippen molar-refractivity contribution in [3.05, 3.63) is 0 Å². The molecule has 0 saturated carbocycles. The van der Waals surface area contributed by atoms with E-state index in [1.54, 1.807) is 6.92 Å². The molecule has 0 aliphatic carbocycles. The molecule has 3 unspecified atom stereocenters. The van der Waals surface area contributed by atoms with Gasteiger partial charge in [0.15, 0.2) is 0 Å². The van der Waals surface area contributed by atoms with Crippen LogP contribution in [0.15, 0.2) is 0 Å². The van der Waals surface area contributed by atoms with Gasteiger partial charge in [-0.15, -0.1) is 0 Å². The van der Waals surface area contributed by atoms with Crippen molar-refractivity contribution in [1.29, 1.82) is 0 Å². The maximum Gasteiger partial charge on any atom is 0.307 e. The molecule has 116 valence electrons. The van der Waals surface area contributed by atoms with Crippen molar-refractivity contribution in [2.75, 3.05) is 19.6 Å². The molecule has 0 radical (unpaired) electrons. The van der Waals surface area contributed by atoms with E-state index >= 15 is 0 Å². The lowest BCUT2D eigenvalue weighted by Gasteiger charge is -2.29. The Morgan fingerprint density at radius 3 is 2.80 bits per heavy atom. The van der Waals surface area contributed by atoms with Crippen molar-refractivity contribution in [1.82, 2.24) is 10.6 Å². The van der Waals surface area contributed by atoms with Gasteiger partial charge in [-0.25, -0.2) is 0 Å². The number of carboxylic acid groups (broad SMARTS) is 1. The van der Waals surface area contributed by atoms with Gasteiger partial charge in [0.2, 0.25) is 5.91 Å². The SMILES string of the molecule is CCCCCNC(=O)C(C)OC1CNCC(C(=O)O)C1. The first-order valence-electron chi connectivity index (χ1n) is 7.41. The predicted octanol–water partition coefficient (Wildman–Crippen LogP) is 0.761. The molecule has 1 aliphatic heterocycles. The van der Waals surface area contributed by atoms with Crippen LogP contribution in [0.3, 0.4) is 0 Å². The molecule has 6 heteroatoms. The summed E-state index contributed by atoms with van der Waals surface area (Å²) in [6, 6.07) is 0. The summed E-state index contributed by atoms with van der Waals surface area (Å²) in [5, 5.41) is 14.9. The molecule has 1 saturated heterocycles. The van der Waals surface area contributed by atoms with E-state index in [-0.39, 0.29) is 12.0 Å². The van der Waals surface area contributed by atoms with Crippen LogP contribution in [0.4, 0.5) is 0 Å². The van der Waals surface area contributed by atoms with Crippen molar-refractivity contribution in [2.45, 2.75) is 51.7 Å². The fourth-order valence-electron chi connectivity index (χ4n) is 2.28. The standard InChI is InChI=1S/C14H26N2O4/c1-3-4-5-6-16-13(17)10(2)20-12-7-11(14(18)19)8-15-9-12/h10-12,15H,3-9H2,1-2H3,(H,16,17)(H,18,19). The number of carbonyl (C=O) groups is 2. The Labute approximate surface area is 120 Å². The summed E-state index contributed by atoms with van der Waals surface area (Å²) >= 11 is 0. The van der Waals surface area contributed by atoms with Gasteiger partial charge in [-0.3, -0.25) is 9.59 Å². The summed E-state index contributed by atoms with van der Waals surface area (Å²) in [5.41, 5.74) is 0. The maximum absolute atomic E-state index is 11.8. The zero-order chi connectivity index (χ0) is 15.0. The van der Waals surface area contributed by atoms with Gasteiger partial charge in [-0.05, 0) is 19.8 Å². The number of ether oxygens (including phenoxy) is 1. The highest BCUT2D eigenvalue weighted by molar-refractivity contribution is 5.80. The van der Waals surface area contributed by atoms with Crippen LogP contribution >= 0.6 is 0 Å². The fourth-order valence-corrected chi connectivity index (χ4v) is 2.28. The molecule has 0 aromatic carbocycles. The number of carbonyl (C=O) groups excluding carboxylic acids is 1. The number of hydrogen-bond donors (Lipinski definition) is 3. The summed E-state index contributed by atoms with van der Waals surface area (Å²) in [4.78, 5) is 22.8. The second kappa shape index (κ2) is 8.92. The number of carboxylic acids is 1. The third-order valence-electron chi connectivity index (χ3n) is 3.50. The van der Waals surface area contributed by atoms with Crippen molar-refractivity contribution in [3.63, 3.8) is 0 Å². The number of nitrogens with one attached hydrogen (secondary N) is 2. The van der Waals surface area contributed by atoms with E-state index in [0.717, 1.165) is 19.3 Å². The topological polar surface area (TPSA) is 87.7 Å². The summed E-state index contributed by atoms with van der Waals surface area (Å²) in [5.74, 6) is -1.38. The first kappa shape index (κ1) is 16.9. The Hall–Kier alpha value is -1.14. The molecule has 0 aromatic rings. The number of hydrogen-bond acceptors (Lipinski definition) is 4. The van der Waals surface area contributed by atoms with Crippen molar-refractivity contribution in [3.8, 4) is 0 Å². The summed E-state index contributed by atoms with van der Waals surface area (Å²) in [6.07, 6.45) is 2.88. The fraction of sp³-hybridized carbons (Fsp3) is 0.857. The largest absolute Gasteiger partial charge is 0.481 e. The van der Waals surface area contributed by atoms with Gasteiger partial charge in [-0.2, -0.15) is 0 Å². The van der Waals surface area contributed by atoms with Gasteiger partial charge >= 0.3 is 5.97 Å². The van der Waals surface area contributed by atoms with Crippen LogP contribution in [0.2, 0.25) is 0 Å². The molecule has 0 spiro atoms. The Morgan fingerprint density at radius 2 is 2.15 bits per heavy atom. The van der Waals surface area contributed by atoms with Crippen molar-refractivity contribution >= 4 is 11.9 Å². The number of rotatable bonds is 8. The molecule has 1 fully saturated rings. The first-order valence-corrected chi connectivity index (χ1v) is 7.41. The molecular weight excluding hydrogens is 260 g/mol. The Balaban J connectivity index is 2.28. The molecular formula is C14H26N2O4. The van der Waals surface area contributed by atoms with E-state index in [4.69, 9.17) is 9.84 Å². The van der Waals surface area contributed by atoms with Crippen molar-refractivity contribution < 1.29 is 19.4 Å². The van der Waals surface area contributed by atoms with E-state index in [1.807, 2.05) is 0 Å². The van der Waals surface area contributed by atoms with Crippen LogP contribution in [0, 0.1) is 5.92 Å². The highest BCUT2D eigenvalue weighted by atomic mass is 16.5. The number of piperidine rings is 1. The summed E-state index contributed by atoms with van der Waals surface area (Å²) in [7, 11) is 0. The van der Waals surface area contributed by atoms with Crippen molar-refractivity contribution in [2.24, 2.45) is 5.92 Å². The normalized spacial score (nSPS) is 24.1. The van der Waals surface area contributed by atoms with Crippen LogP contribution < -0.4 is 10.6 Å². The molecule has 6 nitrogen and oxygen atoms in total. The average Bonchev–Trinajstić information content (AvgIpc) is 2.43. The smallest absolute Gasteiger partial charge is 0.307 e. The first-order chi connectivity index (χ1) is 9.54. The van der Waals surface area contributed by atoms with Gasteiger partial charge < -0.3 is 20.5 Å². The van der Waals surface area contributed by atoms with Gasteiger partial charge in [0.1, 0.15) is 6.10 Å². The van der Waals surface area contributed by atoms with E-state index in [9.17, 15) is 9.59 Å². The van der Waals surface area contributed by atoms with Crippen LogP contribution in [0.1, 0.15) is 39.5 Å². The maximum atomic E-state index is 11.8. The quantitative estimate of drug-likeness (QED) is 0.573. The van der Waals surface area contributed by atoms with Crippen LogP contribution in [-0.2, 0) is 14.3 Å². The summed E-state index contributed by atoms with van der Waals surface area (Å²) < 4.78 is 5.65. The lowest BCUT2D eigenvalue weighted by atomic mass is 9.97. The third-order valence-corrected chi connectivity index (χ3v) is 3.50. The molecule has 20 heavy (non-hydrogen) atoms. The molecule has 1 aliphatic rings. The van der Waals surface area contributed by atoms with E-state index in [2.05, 4.69) is 17.6 Å². The second-order valence-electron chi connectivity index (χ2n) is 5.33. The molecule has 1 amide bonds. The average molecular weight is 286 g/mol. The second-order valence-corrected chi connectivity index (χ2v) is 5.33. The van der Waals surface area contributed by atoms with E-state index in [0.29, 0.717) is 26.1 Å². The zero-order valence-electron chi connectivity index (χ0n) is 12.4. The van der Waals surface area contributed by atoms with E-state index < -0.39 is 18.0 Å². The van der Waals surface area contributed by atoms with Gasteiger partial charge in [-0.1, -0.05) is 19.8 Å². The van der Waals surface area contributed by atoms with E-state index in [1.165, 1.54) is 0 Å². The highest BCUT2D eigenvalue weighted by Gasteiger charge is 2.29. The number of amides is 1. The molecule has 1 rings (SSSR count). The monoisotopic (exact) mass is 286 g/mol. The lowest BCUT2D eigenvalue weighted by molar-refractivity contribution is -0.146. The Bertz CT molecular complexity index is 322. The molecule has 1 heterocycles. The van der Waals surface area contributed by atoms with Gasteiger partial charge in [0.25, 0.3) is 0 Å². The van der Waals surface area contributed by atoms with Crippen LogP contribution in [0.5, 0.6) is 0 Å². The number of aliphatic carboxylic acids is 1. The van der Waals surface area contributed by atoms with Crippen LogP contribution in [-0.4, -0.2) is 48.8 Å². The number of unbranched alkanes of at least 4 members (excludes halogenated alkanes) is 2. The molecule has 3 atom stereocenters. The molecule has 0 bridgehead atoms. The Kier molecular flexibility index (Phi) is 7.54. The zero-order valence-corrected chi connectivity index (χ0v) is 12.4. The molecule has 3 N–H and O–H groups in total. The van der Waals surface area contributed by atoms with Gasteiger partial charge in [0.05, 0.1) is 12.0 Å². The lowest BCUT2D eigenvalue weighted by Crippen LogP contribution is -2.46.